The summed E-state index contributed by atoms with van der Waals surface area (Å²) in [5.74, 6) is 2.52. The number of nitrogens with zero attached hydrogens (tertiary/aromatic N) is 1. The zero-order valence-corrected chi connectivity index (χ0v) is 12.7. The van der Waals surface area contributed by atoms with Crippen molar-refractivity contribution in [3.8, 4) is 0 Å². The van der Waals surface area contributed by atoms with Crippen molar-refractivity contribution in [2.75, 3.05) is 18.8 Å². The third kappa shape index (κ3) is 4.27. The van der Waals surface area contributed by atoms with Crippen molar-refractivity contribution in [3.05, 3.63) is 35.4 Å². The molecule has 0 N–H and O–H groups in total. The maximum Gasteiger partial charge on any atom is 0.232 e. The Labute approximate surface area is 120 Å². The van der Waals surface area contributed by atoms with Crippen molar-refractivity contribution in [2.24, 2.45) is 5.92 Å². The van der Waals surface area contributed by atoms with E-state index in [1.165, 1.54) is 17.5 Å². The van der Waals surface area contributed by atoms with E-state index in [9.17, 15) is 4.79 Å². The molecule has 0 saturated carbocycles. The van der Waals surface area contributed by atoms with Gasteiger partial charge >= 0.3 is 0 Å². The summed E-state index contributed by atoms with van der Waals surface area (Å²) in [6, 6.07) is 8.40. The SMILES string of the molecule is Cc1ccccc1CSCC(=O)N1CCC[C@H](C)C1. The molecule has 1 aliphatic heterocycles. The van der Waals surface area contributed by atoms with Gasteiger partial charge in [0.1, 0.15) is 0 Å². The number of carbonyl (C=O) groups is 1. The topological polar surface area (TPSA) is 20.3 Å². The molecule has 0 radical (unpaired) electrons. The summed E-state index contributed by atoms with van der Waals surface area (Å²) in [5, 5.41) is 0. The van der Waals surface area contributed by atoms with Gasteiger partial charge in [0.15, 0.2) is 0 Å². The zero-order chi connectivity index (χ0) is 13.7. The summed E-state index contributed by atoms with van der Waals surface area (Å²) in [6.45, 7) is 6.27. The standard InChI is InChI=1S/C16H23NOS/c1-13-6-5-9-17(10-13)16(18)12-19-11-15-8-4-3-7-14(15)2/h3-4,7-8,13H,5-6,9-12H2,1-2H3/t13-/m0/s1. The number of piperidine rings is 1. The van der Waals surface area contributed by atoms with Crippen LogP contribution in [0.1, 0.15) is 30.9 Å². The first kappa shape index (κ1) is 14.4. The molecule has 19 heavy (non-hydrogen) atoms. The van der Waals surface area contributed by atoms with E-state index in [1.54, 1.807) is 11.8 Å². The molecule has 0 bridgehead atoms. The zero-order valence-electron chi connectivity index (χ0n) is 11.9. The van der Waals surface area contributed by atoms with Crippen LogP contribution in [0, 0.1) is 12.8 Å². The normalized spacial score (nSPS) is 19.5. The lowest BCUT2D eigenvalue weighted by Crippen LogP contribution is -2.40. The summed E-state index contributed by atoms with van der Waals surface area (Å²) in [7, 11) is 0. The van der Waals surface area contributed by atoms with Gasteiger partial charge in [0.2, 0.25) is 5.91 Å². The summed E-state index contributed by atoms with van der Waals surface area (Å²) in [4.78, 5) is 14.2. The van der Waals surface area contributed by atoms with Gasteiger partial charge in [-0.3, -0.25) is 4.79 Å². The third-order valence-corrected chi connectivity index (χ3v) is 4.72. The minimum absolute atomic E-state index is 0.310. The van der Waals surface area contributed by atoms with Crippen LogP contribution in [-0.2, 0) is 10.5 Å². The summed E-state index contributed by atoms with van der Waals surface area (Å²) >= 11 is 1.73. The molecule has 0 spiro atoms. The van der Waals surface area contributed by atoms with Gasteiger partial charge in [-0.1, -0.05) is 31.2 Å². The fourth-order valence-corrected chi connectivity index (χ4v) is 3.53. The van der Waals surface area contributed by atoms with Crippen molar-refractivity contribution in [1.82, 2.24) is 4.90 Å². The van der Waals surface area contributed by atoms with Crippen LogP contribution in [0.4, 0.5) is 0 Å². The molecule has 1 atom stereocenters. The number of rotatable bonds is 4. The third-order valence-electron chi connectivity index (χ3n) is 3.75. The number of carbonyl (C=O) groups excluding carboxylic acids is 1. The Morgan fingerprint density at radius 1 is 1.42 bits per heavy atom. The number of likely N-dealkylation sites (tertiary alicyclic amines) is 1. The lowest BCUT2D eigenvalue weighted by Gasteiger charge is -2.30. The summed E-state index contributed by atoms with van der Waals surface area (Å²) in [5.41, 5.74) is 2.65. The van der Waals surface area contributed by atoms with Crippen LogP contribution in [0.25, 0.3) is 0 Å². The van der Waals surface area contributed by atoms with Crippen LogP contribution in [0.5, 0.6) is 0 Å². The number of amides is 1. The van der Waals surface area contributed by atoms with Gasteiger partial charge in [-0.25, -0.2) is 0 Å². The van der Waals surface area contributed by atoms with Crippen LogP contribution in [0.3, 0.4) is 0 Å². The van der Waals surface area contributed by atoms with Gasteiger partial charge in [-0.05, 0) is 36.8 Å². The highest BCUT2D eigenvalue weighted by Gasteiger charge is 2.20. The van der Waals surface area contributed by atoms with Crippen molar-refractivity contribution in [3.63, 3.8) is 0 Å². The quantitative estimate of drug-likeness (QED) is 0.839. The predicted molar refractivity (Wildman–Crippen MR) is 82.3 cm³/mol. The van der Waals surface area contributed by atoms with E-state index in [2.05, 4.69) is 38.1 Å². The molecule has 1 heterocycles. The predicted octanol–water partition coefficient (Wildman–Crippen LogP) is 3.49. The van der Waals surface area contributed by atoms with Crippen molar-refractivity contribution < 1.29 is 4.79 Å². The van der Waals surface area contributed by atoms with Gasteiger partial charge in [0, 0.05) is 18.8 Å². The van der Waals surface area contributed by atoms with E-state index >= 15 is 0 Å². The van der Waals surface area contributed by atoms with Crippen LogP contribution in [0.2, 0.25) is 0 Å². The largest absolute Gasteiger partial charge is 0.342 e. The maximum atomic E-state index is 12.1. The lowest BCUT2D eigenvalue weighted by atomic mass is 10.0. The molecule has 1 amide bonds. The Balaban J connectivity index is 1.76. The van der Waals surface area contributed by atoms with E-state index in [-0.39, 0.29) is 0 Å². The number of benzene rings is 1. The van der Waals surface area contributed by atoms with Gasteiger partial charge in [-0.15, -0.1) is 11.8 Å². The molecule has 1 saturated heterocycles. The highest BCUT2D eigenvalue weighted by atomic mass is 32.2. The second-order valence-corrected chi connectivity index (χ2v) is 6.49. The van der Waals surface area contributed by atoms with Gasteiger partial charge in [-0.2, -0.15) is 0 Å². The number of hydrogen-bond acceptors (Lipinski definition) is 2. The molecule has 1 aromatic carbocycles. The molecule has 0 unspecified atom stereocenters. The molecule has 1 aromatic rings. The van der Waals surface area contributed by atoms with E-state index in [1.807, 2.05) is 4.90 Å². The molecular formula is C16H23NOS. The van der Waals surface area contributed by atoms with E-state index < -0.39 is 0 Å². The lowest BCUT2D eigenvalue weighted by molar-refractivity contribution is -0.130. The van der Waals surface area contributed by atoms with Crippen molar-refractivity contribution >= 4 is 17.7 Å². The van der Waals surface area contributed by atoms with Crippen LogP contribution >= 0.6 is 11.8 Å². The molecule has 0 aromatic heterocycles. The fraction of sp³-hybridized carbons (Fsp3) is 0.562. The Kier molecular flexibility index (Phi) is 5.32. The van der Waals surface area contributed by atoms with E-state index in [4.69, 9.17) is 0 Å². The molecule has 3 heteroatoms. The van der Waals surface area contributed by atoms with Crippen LogP contribution < -0.4 is 0 Å². The average Bonchev–Trinajstić information content (AvgIpc) is 2.41. The number of thioether (sulfide) groups is 1. The maximum absolute atomic E-state index is 12.1. The molecule has 1 aliphatic rings. The van der Waals surface area contributed by atoms with Crippen molar-refractivity contribution in [1.29, 1.82) is 0 Å². The number of aryl methyl sites for hydroxylation is 1. The first-order valence-electron chi connectivity index (χ1n) is 7.07. The minimum atomic E-state index is 0.310. The average molecular weight is 277 g/mol. The van der Waals surface area contributed by atoms with Crippen LogP contribution in [-0.4, -0.2) is 29.6 Å². The summed E-state index contributed by atoms with van der Waals surface area (Å²) in [6.07, 6.45) is 2.43. The molecule has 1 fully saturated rings. The van der Waals surface area contributed by atoms with E-state index in [0.717, 1.165) is 25.3 Å². The van der Waals surface area contributed by atoms with Crippen LogP contribution in [0.15, 0.2) is 24.3 Å². The fourth-order valence-electron chi connectivity index (χ4n) is 2.53. The van der Waals surface area contributed by atoms with Gasteiger partial charge in [0.25, 0.3) is 0 Å². The molecule has 0 aliphatic carbocycles. The Bertz CT molecular complexity index is 433. The molecule has 2 nitrogen and oxygen atoms in total. The highest BCUT2D eigenvalue weighted by molar-refractivity contribution is 7.99. The Hall–Kier alpha value is -0.960. The first-order chi connectivity index (χ1) is 9.16. The Morgan fingerprint density at radius 3 is 2.95 bits per heavy atom. The van der Waals surface area contributed by atoms with Gasteiger partial charge < -0.3 is 4.90 Å². The second-order valence-electron chi connectivity index (χ2n) is 5.51. The smallest absolute Gasteiger partial charge is 0.232 e. The molecule has 104 valence electrons. The molecule has 2 rings (SSSR count). The van der Waals surface area contributed by atoms with E-state index in [0.29, 0.717) is 17.6 Å². The highest BCUT2D eigenvalue weighted by Crippen LogP contribution is 2.19. The number of hydrogen-bond donors (Lipinski definition) is 0. The monoisotopic (exact) mass is 277 g/mol. The first-order valence-corrected chi connectivity index (χ1v) is 8.22. The summed E-state index contributed by atoms with van der Waals surface area (Å²) < 4.78 is 0. The second kappa shape index (κ2) is 6.99. The van der Waals surface area contributed by atoms with Gasteiger partial charge in [0.05, 0.1) is 5.75 Å². The minimum Gasteiger partial charge on any atom is -0.342 e. The molecular weight excluding hydrogens is 254 g/mol. The van der Waals surface area contributed by atoms with Crippen molar-refractivity contribution in [2.45, 2.75) is 32.4 Å². The Morgan fingerprint density at radius 2 is 2.21 bits per heavy atom.